The number of oxazole rings is 1. The fraction of sp³-hybridized carbons (Fsp3) is 0.500. The number of aliphatic imine (C=N–C) groups is 1. The Kier molecular flexibility index (Phi) is 7.98. The molecular formula is C20H30N4O3. The average molecular weight is 374 g/mol. The molecule has 27 heavy (non-hydrogen) atoms. The van der Waals surface area contributed by atoms with E-state index in [2.05, 4.69) is 26.7 Å². The van der Waals surface area contributed by atoms with Crippen molar-refractivity contribution in [2.24, 2.45) is 4.99 Å². The van der Waals surface area contributed by atoms with Crippen molar-refractivity contribution < 1.29 is 13.9 Å². The molecule has 0 saturated heterocycles. The standard InChI is InChI=1S/C20H30N4O3/c1-6-21-20(23-13-19-24-14(2)15(3)27-19)22-11-7-8-16-9-10-17(25-4)18(12-16)26-5/h9-10,12H,6-8,11,13H2,1-5H3,(H2,21,22,23). The fourth-order valence-corrected chi connectivity index (χ4v) is 2.63. The number of nitrogens with zero attached hydrogens (tertiary/aromatic N) is 2. The van der Waals surface area contributed by atoms with Crippen LogP contribution in [0.15, 0.2) is 27.6 Å². The van der Waals surface area contributed by atoms with Crippen molar-refractivity contribution >= 4 is 5.96 Å². The molecule has 2 N–H and O–H groups in total. The van der Waals surface area contributed by atoms with Crippen LogP contribution in [0.4, 0.5) is 0 Å². The predicted octanol–water partition coefficient (Wildman–Crippen LogP) is 3.00. The number of nitrogens with one attached hydrogen (secondary N) is 2. The number of hydrogen-bond acceptors (Lipinski definition) is 5. The maximum absolute atomic E-state index is 5.57. The minimum atomic E-state index is 0.416. The summed E-state index contributed by atoms with van der Waals surface area (Å²) in [6, 6.07) is 6.02. The normalized spacial score (nSPS) is 11.4. The largest absolute Gasteiger partial charge is 0.493 e. The molecule has 2 aromatic rings. The van der Waals surface area contributed by atoms with Crippen LogP contribution in [0.3, 0.4) is 0 Å². The monoisotopic (exact) mass is 374 g/mol. The van der Waals surface area contributed by atoms with Crippen LogP contribution >= 0.6 is 0 Å². The van der Waals surface area contributed by atoms with Gasteiger partial charge in [0.05, 0.1) is 19.9 Å². The second-order valence-corrected chi connectivity index (χ2v) is 6.16. The zero-order valence-electron chi connectivity index (χ0n) is 16.9. The van der Waals surface area contributed by atoms with Crippen LogP contribution in [0.2, 0.25) is 0 Å². The predicted molar refractivity (Wildman–Crippen MR) is 107 cm³/mol. The Balaban J connectivity index is 1.84. The van der Waals surface area contributed by atoms with E-state index in [1.807, 2.05) is 32.9 Å². The van der Waals surface area contributed by atoms with Gasteiger partial charge in [0.1, 0.15) is 12.3 Å². The summed E-state index contributed by atoms with van der Waals surface area (Å²) >= 11 is 0. The summed E-state index contributed by atoms with van der Waals surface area (Å²) in [4.78, 5) is 8.89. The summed E-state index contributed by atoms with van der Waals surface area (Å²) in [5.41, 5.74) is 2.12. The molecule has 0 bridgehead atoms. The van der Waals surface area contributed by atoms with Crippen molar-refractivity contribution in [2.75, 3.05) is 27.3 Å². The van der Waals surface area contributed by atoms with Crippen LogP contribution in [0.25, 0.3) is 0 Å². The molecule has 0 fully saturated rings. The highest BCUT2D eigenvalue weighted by molar-refractivity contribution is 5.79. The quantitative estimate of drug-likeness (QED) is 0.399. The van der Waals surface area contributed by atoms with E-state index in [0.29, 0.717) is 12.4 Å². The highest BCUT2D eigenvalue weighted by Gasteiger charge is 2.06. The summed E-state index contributed by atoms with van der Waals surface area (Å²) in [5.74, 6) is 3.74. The smallest absolute Gasteiger partial charge is 0.216 e. The lowest BCUT2D eigenvalue weighted by atomic mass is 10.1. The Morgan fingerprint density at radius 2 is 1.93 bits per heavy atom. The van der Waals surface area contributed by atoms with E-state index >= 15 is 0 Å². The zero-order chi connectivity index (χ0) is 19.6. The van der Waals surface area contributed by atoms with Crippen molar-refractivity contribution in [3.8, 4) is 11.5 Å². The van der Waals surface area contributed by atoms with E-state index < -0.39 is 0 Å². The van der Waals surface area contributed by atoms with Gasteiger partial charge in [0.25, 0.3) is 0 Å². The van der Waals surface area contributed by atoms with Gasteiger partial charge in [-0.25, -0.2) is 9.98 Å². The Morgan fingerprint density at radius 1 is 1.15 bits per heavy atom. The molecule has 0 radical (unpaired) electrons. The van der Waals surface area contributed by atoms with Crippen molar-refractivity contribution in [2.45, 2.75) is 40.2 Å². The number of aryl methyl sites for hydroxylation is 3. The van der Waals surface area contributed by atoms with E-state index in [1.165, 1.54) is 5.56 Å². The molecule has 0 aliphatic heterocycles. The molecule has 1 heterocycles. The van der Waals surface area contributed by atoms with Gasteiger partial charge in [-0.1, -0.05) is 6.07 Å². The number of hydrogen-bond donors (Lipinski definition) is 2. The van der Waals surface area contributed by atoms with Gasteiger partial charge in [-0.3, -0.25) is 0 Å². The van der Waals surface area contributed by atoms with Gasteiger partial charge in [0, 0.05) is 13.1 Å². The van der Waals surface area contributed by atoms with Crippen LogP contribution in [0.1, 0.15) is 36.3 Å². The molecule has 0 unspecified atom stereocenters. The Bertz CT molecular complexity index is 736. The molecule has 0 aliphatic carbocycles. The Hall–Kier alpha value is -2.70. The lowest BCUT2D eigenvalue weighted by molar-refractivity contribution is 0.354. The van der Waals surface area contributed by atoms with E-state index in [0.717, 1.165) is 54.8 Å². The highest BCUT2D eigenvalue weighted by Crippen LogP contribution is 2.27. The zero-order valence-corrected chi connectivity index (χ0v) is 16.9. The first-order valence-corrected chi connectivity index (χ1v) is 9.23. The van der Waals surface area contributed by atoms with E-state index in [-0.39, 0.29) is 0 Å². The maximum atomic E-state index is 5.57. The van der Waals surface area contributed by atoms with Crippen molar-refractivity contribution in [1.29, 1.82) is 0 Å². The number of benzene rings is 1. The Labute approximate surface area is 161 Å². The maximum Gasteiger partial charge on any atom is 0.216 e. The fourth-order valence-electron chi connectivity index (χ4n) is 2.63. The number of ether oxygens (including phenoxy) is 2. The van der Waals surface area contributed by atoms with Crippen molar-refractivity contribution in [3.63, 3.8) is 0 Å². The summed E-state index contributed by atoms with van der Waals surface area (Å²) < 4.78 is 16.2. The average Bonchev–Trinajstić information content (AvgIpc) is 3.00. The lowest BCUT2D eigenvalue weighted by Gasteiger charge is -2.12. The molecule has 1 aromatic carbocycles. The van der Waals surface area contributed by atoms with E-state index in [1.54, 1.807) is 14.2 Å². The van der Waals surface area contributed by atoms with E-state index in [4.69, 9.17) is 13.9 Å². The van der Waals surface area contributed by atoms with Gasteiger partial charge in [0.2, 0.25) is 5.89 Å². The molecular weight excluding hydrogens is 344 g/mol. The number of rotatable bonds is 9. The van der Waals surface area contributed by atoms with E-state index in [9.17, 15) is 0 Å². The summed E-state index contributed by atoms with van der Waals surface area (Å²) in [6.07, 6.45) is 1.90. The van der Waals surface area contributed by atoms with Gasteiger partial charge < -0.3 is 24.5 Å². The molecule has 0 amide bonds. The van der Waals surface area contributed by atoms with Gasteiger partial charge in [0.15, 0.2) is 17.5 Å². The third-order valence-electron chi connectivity index (χ3n) is 4.17. The van der Waals surface area contributed by atoms with Gasteiger partial charge in [-0.2, -0.15) is 0 Å². The molecule has 7 heteroatoms. The van der Waals surface area contributed by atoms with Gasteiger partial charge in [-0.05, 0) is 51.3 Å². The third-order valence-corrected chi connectivity index (χ3v) is 4.17. The summed E-state index contributed by atoms with van der Waals surface area (Å²) in [5, 5.41) is 6.59. The number of methoxy groups -OCH3 is 2. The first-order chi connectivity index (χ1) is 13.1. The second-order valence-electron chi connectivity index (χ2n) is 6.16. The van der Waals surface area contributed by atoms with Crippen LogP contribution in [0, 0.1) is 13.8 Å². The van der Waals surface area contributed by atoms with Crippen LogP contribution in [0.5, 0.6) is 11.5 Å². The van der Waals surface area contributed by atoms with Crippen LogP contribution < -0.4 is 20.1 Å². The SMILES string of the molecule is CCNC(=NCc1nc(C)c(C)o1)NCCCc1ccc(OC)c(OC)c1. The summed E-state index contributed by atoms with van der Waals surface area (Å²) in [7, 11) is 3.29. The first kappa shape index (κ1) is 20.6. The molecule has 7 nitrogen and oxygen atoms in total. The van der Waals surface area contributed by atoms with Crippen LogP contribution in [-0.4, -0.2) is 38.3 Å². The molecule has 148 valence electrons. The highest BCUT2D eigenvalue weighted by atomic mass is 16.5. The van der Waals surface area contributed by atoms with Crippen LogP contribution in [-0.2, 0) is 13.0 Å². The second kappa shape index (κ2) is 10.4. The van der Waals surface area contributed by atoms with Crippen molar-refractivity contribution in [3.05, 3.63) is 41.1 Å². The molecule has 0 atom stereocenters. The molecule has 0 aliphatic rings. The third kappa shape index (κ3) is 6.20. The minimum Gasteiger partial charge on any atom is -0.493 e. The van der Waals surface area contributed by atoms with Gasteiger partial charge >= 0.3 is 0 Å². The molecule has 2 rings (SSSR count). The minimum absolute atomic E-state index is 0.416. The van der Waals surface area contributed by atoms with Crippen molar-refractivity contribution in [1.82, 2.24) is 15.6 Å². The molecule has 0 spiro atoms. The number of guanidine groups is 1. The van der Waals surface area contributed by atoms with Gasteiger partial charge in [-0.15, -0.1) is 0 Å². The molecule has 0 saturated carbocycles. The Morgan fingerprint density at radius 3 is 2.56 bits per heavy atom. The summed E-state index contributed by atoms with van der Waals surface area (Å²) in [6.45, 7) is 7.91. The topological polar surface area (TPSA) is 80.9 Å². The lowest BCUT2D eigenvalue weighted by Crippen LogP contribution is -2.37. The number of aromatic nitrogens is 1. The first-order valence-electron chi connectivity index (χ1n) is 9.23. The molecule has 1 aromatic heterocycles.